The molecule has 12 heavy (non-hydrogen) atoms. The summed E-state index contributed by atoms with van der Waals surface area (Å²) in [7, 11) is 0. The molecule has 0 rings (SSSR count). The number of hydrogen-bond donors (Lipinski definition) is 1. The normalized spacial score (nSPS) is 13.9. The molecule has 1 unspecified atom stereocenters. The van der Waals surface area contributed by atoms with Gasteiger partial charge in [0.1, 0.15) is 0 Å². The lowest BCUT2D eigenvalue weighted by Crippen LogP contribution is -2.28. The van der Waals surface area contributed by atoms with Gasteiger partial charge in [0, 0.05) is 18.5 Å². The van der Waals surface area contributed by atoms with Crippen molar-refractivity contribution < 1.29 is 0 Å². The first-order valence-corrected chi connectivity index (χ1v) is 5.32. The van der Waals surface area contributed by atoms with Crippen LogP contribution in [0.4, 0.5) is 0 Å². The predicted octanol–water partition coefficient (Wildman–Crippen LogP) is 2.95. The fourth-order valence-corrected chi connectivity index (χ4v) is 1.31. The van der Waals surface area contributed by atoms with Gasteiger partial charge in [-0.2, -0.15) is 0 Å². The number of halogens is 1. The SMILES string of the molecule is CCCC(CC)NC/C=C/CCl. The first kappa shape index (κ1) is 12.0. The van der Waals surface area contributed by atoms with Crippen LogP contribution in [-0.2, 0) is 0 Å². The van der Waals surface area contributed by atoms with Gasteiger partial charge in [0.25, 0.3) is 0 Å². The monoisotopic (exact) mass is 189 g/mol. The zero-order chi connectivity index (χ0) is 9.23. The van der Waals surface area contributed by atoms with Gasteiger partial charge in [0.05, 0.1) is 0 Å². The molecule has 1 N–H and O–H groups in total. The Balaban J connectivity index is 3.37. The van der Waals surface area contributed by atoms with Crippen LogP contribution in [0.25, 0.3) is 0 Å². The van der Waals surface area contributed by atoms with E-state index in [0.29, 0.717) is 11.9 Å². The molecule has 0 aliphatic rings. The summed E-state index contributed by atoms with van der Waals surface area (Å²) in [6.07, 6.45) is 7.80. The molecule has 0 fully saturated rings. The fourth-order valence-electron chi connectivity index (χ4n) is 1.18. The highest BCUT2D eigenvalue weighted by Crippen LogP contribution is 1.99. The first-order valence-electron chi connectivity index (χ1n) is 4.79. The van der Waals surface area contributed by atoms with Crippen LogP contribution in [0, 0.1) is 0 Å². The summed E-state index contributed by atoms with van der Waals surface area (Å²) >= 11 is 5.50. The number of allylic oxidation sites excluding steroid dienone is 1. The summed E-state index contributed by atoms with van der Waals surface area (Å²) in [6.45, 7) is 5.39. The third-order valence-electron chi connectivity index (χ3n) is 1.91. The number of alkyl halides is 1. The number of rotatable bonds is 7. The van der Waals surface area contributed by atoms with Crippen molar-refractivity contribution in [2.24, 2.45) is 0 Å². The van der Waals surface area contributed by atoms with Gasteiger partial charge in [-0.25, -0.2) is 0 Å². The molecule has 2 heteroatoms. The Morgan fingerprint density at radius 2 is 2.08 bits per heavy atom. The number of hydrogen-bond acceptors (Lipinski definition) is 1. The topological polar surface area (TPSA) is 12.0 Å². The zero-order valence-corrected chi connectivity index (χ0v) is 8.90. The molecular weight excluding hydrogens is 170 g/mol. The third-order valence-corrected chi connectivity index (χ3v) is 2.09. The Morgan fingerprint density at radius 1 is 1.33 bits per heavy atom. The van der Waals surface area contributed by atoms with Crippen molar-refractivity contribution in [1.29, 1.82) is 0 Å². The van der Waals surface area contributed by atoms with E-state index in [0.717, 1.165) is 6.54 Å². The maximum absolute atomic E-state index is 5.50. The van der Waals surface area contributed by atoms with Crippen molar-refractivity contribution in [2.75, 3.05) is 12.4 Å². The number of nitrogens with one attached hydrogen (secondary N) is 1. The molecule has 1 atom stereocenters. The lowest BCUT2D eigenvalue weighted by Gasteiger charge is -2.13. The minimum Gasteiger partial charge on any atom is -0.311 e. The highest BCUT2D eigenvalue weighted by Gasteiger charge is 2.00. The van der Waals surface area contributed by atoms with E-state index < -0.39 is 0 Å². The van der Waals surface area contributed by atoms with Gasteiger partial charge >= 0.3 is 0 Å². The molecule has 0 aliphatic heterocycles. The van der Waals surface area contributed by atoms with Crippen LogP contribution in [0.1, 0.15) is 33.1 Å². The molecule has 0 heterocycles. The molecule has 0 saturated carbocycles. The van der Waals surface area contributed by atoms with Crippen LogP contribution < -0.4 is 5.32 Å². The summed E-state index contributed by atoms with van der Waals surface area (Å²) in [5.74, 6) is 0.617. The molecule has 0 radical (unpaired) electrons. The first-order chi connectivity index (χ1) is 5.85. The summed E-state index contributed by atoms with van der Waals surface area (Å²) in [6, 6.07) is 0.676. The molecule has 1 nitrogen and oxygen atoms in total. The second-order valence-electron chi connectivity index (χ2n) is 2.93. The van der Waals surface area contributed by atoms with Gasteiger partial charge in [0.2, 0.25) is 0 Å². The summed E-state index contributed by atoms with van der Waals surface area (Å²) in [5, 5.41) is 3.46. The summed E-state index contributed by atoms with van der Waals surface area (Å²) in [4.78, 5) is 0. The Kier molecular flexibility index (Phi) is 9.07. The van der Waals surface area contributed by atoms with Gasteiger partial charge < -0.3 is 5.32 Å². The van der Waals surface area contributed by atoms with Crippen LogP contribution in [0.15, 0.2) is 12.2 Å². The molecule has 0 aliphatic carbocycles. The molecule has 0 saturated heterocycles. The molecule has 72 valence electrons. The smallest absolute Gasteiger partial charge is 0.0404 e. The lowest BCUT2D eigenvalue weighted by molar-refractivity contribution is 0.485. The van der Waals surface area contributed by atoms with E-state index in [1.165, 1.54) is 19.3 Å². The largest absolute Gasteiger partial charge is 0.311 e. The minimum absolute atomic E-state index is 0.617. The molecule has 0 spiro atoms. The van der Waals surface area contributed by atoms with E-state index in [1.54, 1.807) is 0 Å². The van der Waals surface area contributed by atoms with Crippen molar-refractivity contribution in [3.63, 3.8) is 0 Å². The molecule has 0 bridgehead atoms. The van der Waals surface area contributed by atoms with E-state index in [2.05, 4.69) is 25.2 Å². The van der Waals surface area contributed by atoms with Crippen LogP contribution in [0.3, 0.4) is 0 Å². The average molecular weight is 190 g/mol. The van der Waals surface area contributed by atoms with Crippen LogP contribution in [0.2, 0.25) is 0 Å². The Morgan fingerprint density at radius 3 is 2.58 bits per heavy atom. The van der Waals surface area contributed by atoms with Crippen molar-refractivity contribution in [1.82, 2.24) is 5.32 Å². The molecule has 0 amide bonds. The maximum Gasteiger partial charge on any atom is 0.0404 e. The molecule has 0 aromatic carbocycles. The average Bonchev–Trinajstić information content (AvgIpc) is 2.10. The van der Waals surface area contributed by atoms with Gasteiger partial charge in [-0.15, -0.1) is 11.6 Å². The van der Waals surface area contributed by atoms with Crippen LogP contribution >= 0.6 is 11.6 Å². The summed E-state index contributed by atoms with van der Waals surface area (Å²) in [5.41, 5.74) is 0. The van der Waals surface area contributed by atoms with Crippen molar-refractivity contribution in [3.05, 3.63) is 12.2 Å². The quantitative estimate of drug-likeness (QED) is 0.480. The van der Waals surface area contributed by atoms with E-state index in [4.69, 9.17) is 11.6 Å². The van der Waals surface area contributed by atoms with Crippen LogP contribution in [-0.4, -0.2) is 18.5 Å². The molecular formula is C10H20ClN. The predicted molar refractivity (Wildman–Crippen MR) is 56.8 cm³/mol. The second kappa shape index (κ2) is 9.08. The van der Waals surface area contributed by atoms with Gasteiger partial charge in [-0.1, -0.05) is 32.4 Å². The zero-order valence-electron chi connectivity index (χ0n) is 8.15. The van der Waals surface area contributed by atoms with E-state index >= 15 is 0 Å². The maximum atomic E-state index is 5.50. The van der Waals surface area contributed by atoms with Crippen molar-refractivity contribution in [2.45, 2.75) is 39.2 Å². The van der Waals surface area contributed by atoms with Crippen LogP contribution in [0.5, 0.6) is 0 Å². The van der Waals surface area contributed by atoms with Gasteiger partial charge in [0.15, 0.2) is 0 Å². The van der Waals surface area contributed by atoms with E-state index in [-0.39, 0.29) is 0 Å². The highest BCUT2D eigenvalue weighted by atomic mass is 35.5. The standard InChI is InChI=1S/C10H20ClN/c1-3-7-10(4-2)12-9-6-5-8-11/h5-6,10,12H,3-4,7-9H2,1-2H3/b6-5+. The second-order valence-corrected chi connectivity index (χ2v) is 3.24. The summed E-state index contributed by atoms with van der Waals surface area (Å²) < 4.78 is 0. The van der Waals surface area contributed by atoms with E-state index in [1.807, 2.05) is 6.08 Å². The third kappa shape index (κ3) is 6.68. The Labute approximate surface area is 81.2 Å². The minimum atomic E-state index is 0.617. The van der Waals surface area contributed by atoms with Gasteiger partial charge in [-0.05, 0) is 12.8 Å². The fraction of sp³-hybridized carbons (Fsp3) is 0.800. The Bertz CT molecular complexity index is 112. The lowest BCUT2D eigenvalue weighted by atomic mass is 10.1. The highest BCUT2D eigenvalue weighted by molar-refractivity contribution is 6.18. The Hall–Kier alpha value is -0.0100. The van der Waals surface area contributed by atoms with Crippen molar-refractivity contribution in [3.8, 4) is 0 Å². The molecule has 0 aromatic rings. The van der Waals surface area contributed by atoms with E-state index in [9.17, 15) is 0 Å². The molecule has 0 aromatic heterocycles. The van der Waals surface area contributed by atoms with Crippen molar-refractivity contribution >= 4 is 11.6 Å². The van der Waals surface area contributed by atoms with Gasteiger partial charge in [-0.3, -0.25) is 0 Å².